The normalized spacial score (nSPS) is 16.6. The zero-order valence-corrected chi connectivity index (χ0v) is 11.4. The molecule has 1 aliphatic carbocycles. The number of Topliss-reactive ketones (excluding diaryl/α,β-unsaturated/α-hetero) is 1. The van der Waals surface area contributed by atoms with Gasteiger partial charge in [0.15, 0.2) is 0 Å². The third-order valence-corrected chi connectivity index (χ3v) is 3.79. The predicted molar refractivity (Wildman–Crippen MR) is 73.2 cm³/mol. The van der Waals surface area contributed by atoms with Gasteiger partial charge in [0.2, 0.25) is 0 Å². The van der Waals surface area contributed by atoms with Gasteiger partial charge in [-0.05, 0) is 42.9 Å². The van der Waals surface area contributed by atoms with E-state index >= 15 is 0 Å². The van der Waals surface area contributed by atoms with Crippen LogP contribution in [0.15, 0.2) is 18.2 Å². The molecule has 0 unspecified atom stereocenters. The van der Waals surface area contributed by atoms with Gasteiger partial charge in [0.1, 0.15) is 11.5 Å². The minimum absolute atomic E-state index is 0.217. The SMILES string of the molecule is COc1ccc(CC(C)=O)cc1C1CCCCC1. The zero-order valence-electron chi connectivity index (χ0n) is 11.4. The van der Waals surface area contributed by atoms with E-state index in [2.05, 4.69) is 6.07 Å². The highest BCUT2D eigenvalue weighted by Crippen LogP contribution is 2.37. The monoisotopic (exact) mass is 246 g/mol. The van der Waals surface area contributed by atoms with Crippen molar-refractivity contribution in [2.24, 2.45) is 0 Å². The molecule has 1 saturated carbocycles. The second-order valence-electron chi connectivity index (χ2n) is 5.29. The van der Waals surface area contributed by atoms with E-state index in [-0.39, 0.29) is 5.78 Å². The van der Waals surface area contributed by atoms with E-state index < -0.39 is 0 Å². The van der Waals surface area contributed by atoms with Crippen molar-refractivity contribution in [1.82, 2.24) is 0 Å². The molecule has 1 fully saturated rings. The zero-order chi connectivity index (χ0) is 13.0. The van der Waals surface area contributed by atoms with Gasteiger partial charge in [-0.1, -0.05) is 31.4 Å². The third-order valence-electron chi connectivity index (χ3n) is 3.79. The van der Waals surface area contributed by atoms with Crippen molar-refractivity contribution < 1.29 is 9.53 Å². The maximum absolute atomic E-state index is 11.2. The standard InChI is InChI=1S/C16H22O2/c1-12(17)10-13-8-9-16(18-2)15(11-13)14-6-4-3-5-7-14/h8-9,11,14H,3-7,10H2,1-2H3. The number of ether oxygens (including phenoxy) is 1. The molecule has 0 heterocycles. The number of methoxy groups -OCH3 is 1. The molecule has 1 aromatic carbocycles. The first-order valence-electron chi connectivity index (χ1n) is 6.87. The van der Waals surface area contributed by atoms with Gasteiger partial charge in [-0.25, -0.2) is 0 Å². The molecular weight excluding hydrogens is 224 g/mol. The summed E-state index contributed by atoms with van der Waals surface area (Å²) in [5.41, 5.74) is 2.42. The van der Waals surface area contributed by atoms with E-state index in [1.807, 2.05) is 12.1 Å². The number of hydrogen-bond donors (Lipinski definition) is 0. The molecule has 0 aromatic heterocycles. The molecule has 0 amide bonds. The summed E-state index contributed by atoms with van der Waals surface area (Å²) in [7, 11) is 1.73. The van der Waals surface area contributed by atoms with Crippen molar-refractivity contribution >= 4 is 5.78 Å². The lowest BCUT2D eigenvalue weighted by atomic mass is 9.83. The molecule has 2 nitrogen and oxygen atoms in total. The minimum Gasteiger partial charge on any atom is -0.496 e. The van der Waals surface area contributed by atoms with Gasteiger partial charge >= 0.3 is 0 Å². The summed E-state index contributed by atoms with van der Waals surface area (Å²) in [4.78, 5) is 11.2. The highest BCUT2D eigenvalue weighted by Gasteiger charge is 2.19. The second kappa shape index (κ2) is 6.03. The van der Waals surface area contributed by atoms with Crippen LogP contribution in [-0.4, -0.2) is 12.9 Å². The number of benzene rings is 1. The lowest BCUT2D eigenvalue weighted by molar-refractivity contribution is -0.116. The van der Waals surface area contributed by atoms with Crippen LogP contribution >= 0.6 is 0 Å². The maximum Gasteiger partial charge on any atom is 0.134 e. The fourth-order valence-corrected chi connectivity index (χ4v) is 2.91. The number of hydrogen-bond acceptors (Lipinski definition) is 2. The summed E-state index contributed by atoms with van der Waals surface area (Å²) in [5, 5.41) is 0. The van der Waals surface area contributed by atoms with Crippen molar-refractivity contribution in [2.45, 2.75) is 51.4 Å². The molecule has 18 heavy (non-hydrogen) atoms. The van der Waals surface area contributed by atoms with Crippen LogP contribution < -0.4 is 4.74 Å². The van der Waals surface area contributed by atoms with Crippen LogP contribution in [0.3, 0.4) is 0 Å². The molecule has 0 spiro atoms. The average molecular weight is 246 g/mol. The summed E-state index contributed by atoms with van der Waals surface area (Å²) in [5.74, 6) is 1.81. The molecule has 0 atom stereocenters. The van der Waals surface area contributed by atoms with E-state index in [0.717, 1.165) is 11.3 Å². The van der Waals surface area contributed by atoms with Crippen LogP contribution in [0.2, 0.25) is 0 Å². The van der Waals surface area contributed by atoms with E-state index in [1.54, 1.807) is 14.0 Å². The van der Waals surface area contributed by atoms with Gasteiger partial charge in [-0.15, -0.1) is 0 Å². The average Bonchev–Trinajstić information content (AvgIpc) is 2.39. The molecule has 98 valence electrons. The smallest absolute Gasteiger partial charge is 0.134 e. The number of ketones is 1. The molecule has 0 N–H and O–H groups in total. The highest BCUT2D eigenvalue weighted by atomic mass is 16.5. The molecule has 1 aliphatic rings. The summed E-state index contributed by atoms with van der Waals surface area (Å²) in [6, 6.07) is 6.20. The third kappa shape index (κ3) is 3.12. The van der Waals surface area contributed by atoms with Gasteiger partial charge in [-0.2, -0.15) is 0 Å². The van der Waals surface area contributed by atoms with Crippen molar-refractivity contribution in [3.8, 4) is 5.75 Å². The fourth-order valence-electron chi connectivity index (χ4n) is 2.91. The number of carbonyl (C=O) groups excluding carboxylic acids is 1. The molecule has 0 aliphatic heterocycles. The first-order valence-corrected chi connectivity index (χ1v) is 6.87. The minimum atomic E-state index is 0.217. The van der Waals surface area contributed by atoms with Crippen molar-refractivity contribution in [3.05, 3.63) is 29.3 Å². The summed E-state index contributed by atoms with van der Waals surface area (Å²) >= 11 is 0. The summed E-state index contributed by atoms with van der Waals surface area (Å²) in [6.45, 7) is 1.64. The Bertz CT molecular complexity index is 417. The predicted octanol–water partition coefficient (Wildman–Crippen LogP) is 3.87. The molecule has 2 rings (SSSR count). The van der Waals surface area contributed by atoms with Gasteiger partial charge < -0.3 is 4.74 Å². The fraction of sp³-hybridized carbons (Fsp3) is 0.562. The molecule has 1 aromatic rings. The Labute approximate surface area is 109 Å². The van der Waals surface area contributed by atoms with Crippen LogP contribution in [0.4, 0.5) is 0 Å². The summed E-state index contributed by atoms with van der Waals surface area (Å²) in [6.07, 6.45) is 7.00. The van der Waals surface area contributed by atoms with Crippen LogP contribution in [0.25, 0.3) is 0 Å². The van der Waals surface area contributed by atoms with Crippen LogP contribution in [0.5, 0.6) is 5.75 Å². The first kappa shape index (κ1) is 13.1. The molecular formula is C16H22O2. The Morgan fingerprint density at radius 3 is 2.61 bits per heavy atom. The molecule has 0 bridgehead atoms. The second-order valence-corrected chi connectivity index (χ2v) is 5.29. The van der Waals surface area contributed by atoms with E-state index in [0.29, 0.717) is 12.3 Å². The Morgan fingerprint density at radius 1 is 1.28 bits per heavy atom. The van der Waals surface area contributed by atoms with Crippen LogP contribution in [-0.2, 0) is 11.2 Å². The lowest BCUT2D eigenvalue weighted by Gasteiger charge is -2.24. The Balaban J connectivity index is 2.26. The molecule has 0 radical (unpaired) electrons. The van der Waals surface area contributed by atoms with Crippen molar-refractivity contribution in [2.75, 3.05) is 7.11 Å². The Kier molecular flexibility index (Phi) is 4.40. The van der Waals surface area contributed by atoms with Crippen molar-refractivity contribution in [3.63, 3.8) is 0 Å². The number of carbonyl (C=O) groups is 1. The molecule has 0 saturated heterocycles. The topological polar surface area (TPSA) is 26.3 Å². The van der Waals surface area contributed by atoms with E-state index in [1.165, 1.54) is 37.7 Å². The van der Waals surface area contributed by atoms with E-state index in [4.69, 9.17) is 4.74 Å². The van der Waals surface area contributed by atoms with Gasteiger partial charge in [-0.3, -0.25) is 4.79 Å². The quantitative estimate of drug-likeness (QED) is 0.806. The van der Waals surface area contributed by atoms with Gasteiger partial charge in [0, 0.05) is 6.42 Å². The van der Waals surface area contributed by atoms with Crippen molar-refractivity contribution in [1.29, 1.82) is 0 Å². The van der Waals surface area contributed by atoms with Gasteiger partial charge in [0.25, 0.3) is 0 Å². The maximum atomic E-state index is 11.2. The Hall–Kier alpha value is -1.31. The lowest BCUT2D eigenvalue weighted by Crippen LogP contribution is -2.07. The largest absolute Gasteiger partial charge is 0.496 e. The highest BCUT2D eigenvalue weighted by molar-refractivity contribution is 5.78. The number of rotatable bonds is 4. The first-order chi connectivity index (χ1) is 8.70. The van der Waals surface area contributed by atoms with Crippen LogP contribution in [0.1, 0.15) is 56.1 Å². The molecule has 2 heteroatoms. The summed E-state index contributed by atoms with van der Waals surface area (Å²) < 4.78 is 5.47. The van der Waals surface area contributed by atoms with E-state index in [9.17, 15) is 4.79 Å². The Morgan fingerprint density at radius 2 is 2.00 bits per heavy atom. The van der Waals surface area contributed by atoms with Crippen LogP contribution in [0, 0.1) is 0 Å². The van der Waals surface area contributed by atoms with Gasteiger partial charge in [0.05, 0.1) is 7.11 Å².